The topological polar surface area (TPSA) is 53.1 Å². The van der Waals surface area contributed by atoms with Crippen molar-refractivity contribution in [3.63, 3.8) is 0 Å². The molecule has 102 valence electrons. The highest BCUT2D eigenvalue weighted by Crippen LogP contribution is 2.06. The molecule has 0 aliphatic carbocycles. The number of aromatic nitrogens is 2. The average Bonchev–Trinajstić information content (AvgIpc) is 2.38. The Labute approximate surface area is 110 Å². The van der Waals surface area contributed by atoms with Gasteiger partial charge in [-0.2, -0.15) is 0 Å². The van der Waals surface area contributed by atoms with Gasteiger partial charge in [0.2, 0.25) is 0 Å². The van der Waals surface area contributed by atoms with Crippen molar-refractivity contribution in [1.82, 2.24) is 14.9 Å². The van der Waals surface area contributed by atoms with E-state index in [4.69, 9.17) is 0 Å². The number of hydrogen-bond donors (Lipinski definition) is 2. The lowest BCUT2D eigenvalue weighted by atomic mass is 10.2. The first-order chi connectivity index (χ1) is 8.67. The Morgan fingerprint density at radius 3 is 2.50 bits per heavy atom. The van der Waals surface area contributed by atoms with Crippen molar-refractivity contribution in [2.24, 2.45) is 0 Å². The van der Waals surface area contributed by atoms with Gasteiger partial charge in [-0.05, 0) is 27.3 Å². The predicted octanol–water partition coefficient (Wildman–Crippen LogP) is 2.05. The third-order valence-corrected chi connectivity index (χ3v) is 3.11. The molecule has 5 heteroatoms. The van der Waals surface area contributed by atoms with Crippen molar-refractivity contribution in [3.05, 3.63) is 12.4 Å². The summed E-state index contributed by atoms with van der Waals surface area (Å²) in [5.41, 5.74) is 0. The molecule has 5 nitrogen and oxygen atoms in total. The highest BCUT2D eigenvalue weighted by molar-refractivity contribution is 5.41. The zero-order valence-electron chi connectivity index (χ0n) is 11.9. The Hall–Kier alpha value is -1.36. The maximum absolute atomic E-state index is 4.42. The molecule has 0 radical (unpaired) electrons. The number of likely N-dealkylation sites (N-methyl/N-ethyl adjacent to an activating group) is 1. The summed E-state index contributed by atoms with van der Waals surface area (Å²) in [6, 6.07) is 0.617. The van der Waals surface area contributed by atoms with Crippen LogP contribution in [-0.2, 0) is 0 Å². The predicted molar refractivity (Wildman–Crippen MR) is 77.1 cm³/mol. The largest absolute Gasteiger partial charge is 0.369 e. The van der Waals surface area contributed by atoms with Gasteiger partial charge in [0.15, 0.2) is 0 Å². The van der Waals surface area contributed by atoms with Crippen LogP contribution < -0.4 is 10.6 Å². The normalized spacial score (nSPS) is 12.5. The molecule has 1 unspecified atom stereocenters. The van der Waals surface area contributed by atoms with Crippen LogP contribution in [0.1, 0.15) is 27.2 Å². The number of nitrogens with one attached hydrogen (secondary N) is 2. The number of anilines is 2. The van der Waals surface area contributed by atoms with Crippen LogP contribution in [-0.4, -0.2) is 47.6 Å². The number of hydrogen-bond acceptors (Lipinski definition) is 5. The van der Waals surface area contributed by atoms with Crippen molar-refractivity contribution in [2.75, 3.05) is 37.3 Å². The third kappa shape index (κ3) is 4.87. The van der Waals surface area contributed by atoms with E-state index in [-0.39, 0.29) is 0 Å². The second-order valence-electron chi connectivity index (χ2n) is 4.48. The minimum absolute atomic E-state index is 0.617. The Bertz CT molecular complexity index is 342. The number of nitrogens with zero attached hydrogens (tertiary/aromatic N) is 3. The summed E-state index contributed by atoms with van der Waals surface area (Å²) in [6.45, 7) is 9.23. The molecule has 1 rings (SSSR count). The van der Waals surface area contributed by atoms with Crippen LogP contribution in [0.3, 0.4) is 0 Å². The minimum atomic E-state index is 0.617. The summed E-state index contributed by atoms with van der Waals surface area (Å²) < 4.78 is 0. The van der Waals surface area contributed by atoms with Gasteiger partial charge in [-0.15, -0.1) is 0 Å². The molecule has 1 aromatic rings. The van der Waals surface area contributed by atoms with Crippen LogP contribution >= 0.6 is 0 Å². The van der Waals surface area contributed by atoms with E-state index >= 15 is 0 Å². The SMILES string of the molecule is CCNc1cncc(NCCN(C)C(C)CC)n1. The lowest BCUT2D eigenvalue weighted by Gasteiger charge is -2.23. The van der Waals surface area contributed by atoms with E-state index in [2.05, 4.69) is 46.4 Å². The summed E-state index contributed by atoms with van der Waals surface area (Å²) in [7, 11) is 2.15. The van der Waals surface area contributed by atoms with Gasteiger partial charge < -0.3 is 15.5 Å². The fourth-order valence-electron chi connectivity index (χ4n) is 1.61. The molecular formula is C13H25N5. The van der Waals surface area contributed by atoms with Crippen LogP contribution in [0.4, 0.5) is 11.6 Å². The van der Waals surface area contributed by atoms with Crippen LogP contribution in [0.25, 0.3) is 0 Å². The summed E-state index contributed by atoms with van der Waals surface area (Å²) in [5, 5.41) is 6.45. The molecule has 0 fully saturated rings. The Morgan fingerprint density at radius 1 is 1.22 bits per heavy atom. The van der Waals surface area contributed by atoms with Crippen molar-refractivity contribution in [2.45, 2.75) is 33.2 Å². The molecule has 0 amide bonds. The molecule has 0 spiro atoms. The van der Waals surface area contributed by atoms with E-state index in [9.17, 15) is 0 Å². The van der Waals surface area contributed by atoms with Gasteiger partial charge in [0.1, 0.15) is 11.6 Å². The van der Waals surface area contributed by atoms with Crippen molar-refractivity contribution < 1.29 is 0 Å². The van der Waals surface area contributed by atoms with Crippen molar-refractivity contribution >= 4 is 11.6 Å². The van der Waals surface area contributed by atoms with E-state index in [1.54, 1.807) is 12.4 Å². The van der Waals surface area contributed by atoms with E-state index in [1.165, 1.54) is 6.42 Å². The minimum Gasteiger partial charge on any atom is -0.369 e. The van der Waals surface area contributed by atoms with Crippen molar-refractivity contribution in [1.29, 1.82) is 0 Å². The quantitative estimate of drug-likeness (QED) is 0.740. The Kier molecular flexibility index (Phi) is 6.43. The first-order valence-corrected chi connectivity index (χ1v) is 6.67. The monoisotopic (exact) mass is 251 g/mol. The van der Waals surface area contributed by atoms with Gasteiger partial charge in [-0.1, -0.05) is 6.92 Å². The summed E-state index contributed by atoms with van der Waals surface area (Å²) in [6.07, 6.45) is 4.66. The van der Waals surface area contributed by atoms with Crippen molar-refractivity contribution in [3.8, 4) is 0 Å². The van der Waals surface area contributed by atoms with Gasteiger partial charge in [-0.3, -0.25) is 4.98 Å². The van der Waals surface area contributed by atoms with Crippen LogP contribution in [0.15, 0.2) is 12.4 Å². The summed E-state index contributed by atoms with van der Waals surface area (Å²) in [5.74, 6) is 1.64. The second kappa shape index (κ2) is 7.87. The van der Waals surface area contributed by atoms with Gasteiger partial charge in [0, 0.05) is 25.7 Å². The first kappa shape index (κ1) is 14.7. The molecule has 0 aliphatic rings. The zero-order chi connectivity index (χ0) is 13.4. The molecule has 18 heavy (non-hydrogen) atoms. The Balaban J connectivity index is 2.37. The zero-order valence-corrected chi connectivity index (χ0v) is 11.9. The first-order valence-electron chi connectivity index (χ1n) is 6.67. The molecule has 1 heterocycles. The lowest BCUT2D eigenvalue weighted by Crippen LogP contribution is -2.32. The van der Waals surface area contributed by atoms with Gasteiger partial charge in [0.05, 0.1) is 12.4 Å². The van der Waals surface area contributed by atoms with Crippen LogP contribution in [0.5, 0.6) is 0 Å². The van der Waals surface area contributed by atoms with Gasteiger partial charge in [-0.25, -0.2) is 4.98 Å². The highest BCUT2D eigenvalue weighted by atomic mass is 15.2. The van der Waals surface area contributed by atoms with E-state index < -0.39 is 0 Å². The molecule has 0 aromatic carbocycles. The molecule has 2 N–H and O–H groups in total. The molecular weight excluding hydrogens is 226 g/mol. The molecule has 1 atom stereocenters. The second-order valence-corrected chi connectivity index (χ2v) is 4.48. The Morgan fingerprint density at radius 2 is 1.89 bits per heavy atom. The lowest BCUT2D eigenvalue weighted by molar-refractivity contribution is 0.261. The highest BCUT2D eigenvalue weighted by Gasteiger charge is 2.05. The number of rotatable bonds is 8. The molecule has 1 aromatic heterocycles. The molecule has 0 aliphatic heterocycles. The van der Waals surface area contributed by atoms with Crippen LogP contribution in [0, 0.1) is 0 Å². The molecule has 0 saturated carbocycles. The maximum Gasteiger partial charge on any atom is 0.147 e. The smallest absolute Gasteiger partial charge is 0.147 e. The van der Waals surface area contributed by atoms with Crippen LogP contribution in [0.2, 0.25) is 0 Å². The summed E-state index contributed by atoms with van der Waals surface area (Å²) >= 11 is 0. The standard InChI is InChI=1S/C13H25N5/c1-5-11(3)18(4)8-7-16-13-10-14-9-12(17-13)15-6-2/h9-11H,5-8H2,1-4H3,(H2,15,16,17). The average molecular weight is 251 g/mol. The maximum atomic E-state index is 4.42. The fourth-order valence-corrected chi connectivity index (χ4v) is 1.61. The van der Waals surface area contributed by atoms with Gasteiger partial charge >= 0.3 is 0 Å². The van der Waals surface area contributed by atoms with E-state index in [1.807, 2.05) is 6.92 Å². The van der Waals surface area contributed by atoms with E-state index in [0.29, 0.717) is 6.04 Å². The third-order valence-electron chi connectivity index (χ3n) is 3.11. The molecule has 0 saturated heterocycles. The fraction of sp³-hybridized carbons (Fsp3) is 0.692. The molecule has 0 bridgehead atoms. The summed E-state index contributed by atoms with van der Waals surface area (Å²) in [4.78, 5) is 10.9. The van der Waals surface area contributed by atoms with E-state index in [0.717, 1.165) is 31.3 Å². The van der Waals surface area contributed by atoms with Gasteiger partial charge in [0.25, 0.3) is 0 Å².